The van der Waals surface area contributed by atoms with Crippen LogP contribution in [0.1, 0.15) is 136 Å². The Morgan fingerprint density at radius 3 is 1.76 bits per heavy atom. The van der Waals surface area contributed by atoms with Crippen LogP contribution in [0.5, 0.6) is 0 Å². The van der Waals surface area contributed by atoms with Crippen molar-refractivity contribution in [2.75, 3.05) is 40.9 Å². The van der Waals surface area contributed by atoms with Crippen LogP contribution in [0.4, 0.5) is 0 Å². The van der Waals surface area contributed by atoms with Gasteiger partial charge in [0.2, 0.25) is 5.91 Å². The fraction of sp³-hybridized carbons (Fsp3) is 0.906. The second-order valence-electron chi connectivity index (χ2n) is 12.5. The number of hydrogen-bond acceptors (Lipinski definition) is 5. The number of phosphoric acid groups is 1. The highest BCUT2D eigenvalue weighted by atomic mass is 31.2. The predicted octanol–water partition coefficient (Wildman–Crippen LogP) is 7.68. The lowest BCUT2D eigenvalue weighted by Gasteiger charge is -2.25. The summed E-state index contributed by atoms with van der Waals surface area (Å²) in [7, 11) is 1.57. The van der Waals surface area contributed by atoms with Crippen molar-refractivity contribution in [2.24, 2.45) is 0 Å². The number of phosphoric ester groups is 1. The predicted molar refractivity (Wildman–Crippen MR) is 171 cm³/mol. The van der Waals surface area contributed by atoms with Crippen molar-refractivity contribution in [3.8, 4) is 0 Å². The van der Waals surface area contributed by atoms with Crippen LogP contribution in [0.25, 0.3) is 0 Å². The molecule has 0 saturated carbocycles. The maximum atomic E-state index is 12.6. The van der Waals surface area contributed by atoms with Crippen LogP contribution >= 0.6 is 7.82 Å². The Hall–Kier alpha value is -0.760. The van der Waals surface area contributed by atoms with Gasteiger partial charge >= 0.3 is 7.82 Å². The summed E-state index contributed by atoms with van der Waals surface area (Å²) < 4.78 is 23.1. The lowest BCUT2D eigenvalue weighted by molar-refractivity contribution is -0.870. The SMILES string of the molecule is CCC/C=C/C(O)C(COP(=O)(O)OCC[N+](C)(C)C)NC(=O)CCCCCCCCCCCCCCCCCC. The number of nitrogens with one attached hydrogen (secondary N) is 1. The van der Waals surface area contributed by atoms with Crippen molar-refractivity contribution >= 4 is 13.7 Å². The lowest BCUT2D eigenvalue weighted by atomic mass is 10.0. The van der Waals surface area contributed by atoms with E-state index in [4.69, 9.17) is 9.05 Å². The van der Waals surface area contributed by atoms with Gasteiger partial charge < -0.3 is 19.8 Å². The molecule has 0 spiro atoms. The molecule has 0 aromatic rings. The maximum Gasteiger partial charge on any atom is 0.472 e. The summed E-state index contributed by atoms with van der Waals surface area (Å²) in [5, 5.41) is 13.4. The number of rotatable bonds is 29. The third-order valence-electron chi connectivity index (χ3n) is 7.24. The third-order valence-corrected chi connectivity index (χ3v) is 8.22. The molecule has 41 heavy (non-hydrogen) atoms. The molecule has 0 aliphatic rings. The first-order valence-corrected chi connectivity index (χ1v) is 18.1. The number of hydrogen-bond donors (Lipinski definition) is 3. The van der Waals surface area contributed by atoms with Gasteiger partial charge in [-0.1, -0.05) is 129 Å². The van der Waals surface area contributed by atoms with E-state index in [0.717, 1.165) is 32.1 Å². The number of aliphatic hydroxyl groups excluding tert-OH is 1. The number of carbonyl (C=O) groups excluding carboxylic acids is 1. The van der Waals surface area contributed by atoms with Crippen molar-refractivity contribution in [2.45, 2.75) is 148 Å². The minimum Gasteiger partial charge on any atom is -0.387 e. The molecule has 8 nitrogen and oxygen atoms in total. The van der Waals surface area contributed by atoms with Gasteiger partial charge in [-0.15, -0.1) is 0 Å². The first kappa shape index (κ1) is 40.2. The number of carbonyl (C=O) groups is 1. The number of unbranched alkanes of at least 4 members (excludes halogenated alkanes) is 16. The fourth-order valence-corrected chi connectivity index (χ4v) is 5.25. The first-order valence-electron chi connectivity index (χ1n) is 16.6. The Morgan fingerprint density at radius 2 is 1.29 bits per heavy atom. The van der Waals surface area contributed by atoms with Crippen LogP contribution in [0, 0.1) is 0 Å². The number of allylic oxidation sites excluding steroid dienone is 1. The second-order valence-corrected chi connectivity index (χ2v) is 14.0. The molecule has 0 bridgehead atoms. The molecule has 0 radical (unpaired) electrons. The number of nitrogens with zero attached hydrogens (tertiary/aromatic N) is 1. The molecule has 0 saturated heterocycles. The van der Waals surface area contributed by atoms with E-state index in [-0.39, 0.29) is 19.1 Å². The highest BCUT2D eigenvalue weighted by molar-refractivity contribution is 7.47. The molecule has 0 aliphatic heterocycles. The largest absolute Gasteiger partial charge is 0.472 e. The van der Waals surface area contributed by atoms with Crippen molar-refractivity contribution in [3.63, 3.8) is 0 Å². The summed E-state index contributed by atoms with van der Waals surface area (Å²) in [5.74, 6) is -0.189. The Morgan fingerprint density at radius 1 is 0.805 bits per heavy atom. The lowest BCUT2D eigenvalue weighted by Crippen LogP contribution is -2.45. The summed E-state index contributed by atoms with van der Waals surface area (Å²) in [6.45, 7) is 4.58. The summed E-state index contributed by atoms with van der Waals surface area (Å²) in [4.78, 5) is 22.6. The third kappa shape index (κ3) is 27.8. The van der Waals surface area contributed by atoms with Crippen molar-refractivity contribution in [1.29, 1.82) is 0 Å². The summed E-state index contributed by atoms with van der Waals surface area (Å²) in [6, 6.07) is -0.834. The normalized spacial score (nSPS) is 15.2. The van der Waals surface area contributed by atoms with Crippen molar-refractivity contribution < 1.29 is 32.9 Å². The van der Waals surface area contributed by atoms with Gasteiger partial charge in [-0.05, 0) is 12.8 Å². The monoisotopic (exact) mass is 605 g/mol. The second kappa shape index (κ2) is 25.7. The minimum absolute atomic E-state index is 0.0620. The van der Waals surface area contributed by atoms with Gasteiger partial charge in [0.15, 0.2) is 0 Å². The van der Waals surface area contributed by atoms with E-state index in [1.54, 1.807) is 6.08 Å². The molecule has 3 unspecified atom stereocenters. The first-order chi connectivity index (χ1) is 19.5. The average Bonchev–Trinajstić information content (AvgIpc) is 2.90. The van der Waals surface area contributed by atoms with E-state index in [1.165, 1.54) is 83.5 Å². The Balaban J connectivity index is 4.17. The summed E-state index contributed by atoms with van der Waals surface area (Å²) >= 11 is 0. The Bertz CT molecular complexity index is 698. The molecular weight excluding hydrogens is 539 g/mol. The van der Waals surface area contributed by atoms with Gasteiger partial charge in [-0.3, -0.25) is 13.8 Å². The van der Waals surface area contributed by atoms with E-state index < -0.39 is 20.0 Å². The van der Waals surface area contributed by atoms with Gasteiger partial charge in [-0.2, -0.15) is 0 Å². The van der Waals surface area contributed by atoms with Crippen LogP contribution in [0.2, 0.25) is 0 Å². The molecule has 0 fully saturated rings. The molecule has 0 aromatic carbocycles. The van der Waals surface area contributed by atoms with Crippen molar-refractivity contribution in [1.82, 2.24) is 5.32 Å². The Kier molecular flexibility index (Phi) is 25.2. The number of amides is 1. The zero-order valence-electron chi connectivity index (χ0n) is 27.3. The maximum absolute atomic E-state index is 12.6. The molecule has 3 N–H and O–H groups in total. The summed E-state index contributed by atoms with van der Waals surface area (Å²) in [6.07, 6.45) is 24.9. The molecule has 3 atom stereocenters. The molecule has 0 aliphatic carbocycles. The minimum atomic E-state index is -4.30. The topological polar surface area (TPSA) is 105 Å². The quantitative estimate of drug-likeness (QED) is 0.0350. The van der Waals surface area contributed by atoms with Gasteiger partial charge in [0.1, 0.15) is 13.2 Å². The Labute approximate surface area is 252 Å². The number of quaternary nitrogens is 1. The van der Waals surface area contributed by atoms with Crippen LogP contribution in [-0.4, -0.2) is 73.4 Å². The van der Waals surface area contributed by atoms with Crippen LogP contribution in [-0.2, 0) is 18.4 Å². The molecular formula is C32H66N2O6P+. The van der Waals surface area contributed by atoms with E-state index >= 15 is 0 Å². The van der Waals surface area contributed by atoms with E-state index in [1.807, 2.05) is 34.1 Å². The molecule has 0 aromatic heterocycles. The van der Waals surface area contributed by atoms with Gasteiger partial charge in [0, 0.05) is 6.42 Å². The van der Waals surface area contributed by atoms with Gasteiger partial charge in [-0.25, -0.2) is 4.57 Å². The number of likely N-dealkylation sites (N-methyl/N-ethyl adjacent to an activating group) is 1. The molecule has 9 heteroatoms. The van der Waals surface area contributed by atoms with E-state index in [0.29, 0.717) is 17.4 Å². The zero-order chi connectivity index (χ0) is 30.8. The standard InChI is InChI=1S/C32H65N2O6P/c1-6-8-10-11-12-13-14-15-16-17-18-19-20-21-22-24-26-32(36)33-30(31(35)25-23-9-7-2)29-40-41(37,38)39-28-27-34(3,4)5/h23,25,30-31,35H,6-22,24,26-29H2,1-5H3,(H-,33,36,37,38)/p+1/b25-23+. The fourth-order valence-electron chi connectivity index (χ4n) is 4.52. The molecule has 0 rings (SSSR count). The molecule has 1 amide bonds. The highest BCUT2D eigenvalue weighted by Gasteiger charge is 2.27. The van der Waals surface area contributed by atoms with Gasteiger partial charge in [0.05, 0.1) is 39.9 Å². The van der Waals surface area contributed by atoms with E-state index in [9.17, 15) is 19.4 Å². The van der Waals surface area contributed by atoms with Crippen LogP contribution in [0.15, 0.2) is 12.2 Å². The van der Waals surface area contributed by atoms with Gasteiger partial charge in [0.25, 0.3) is 0 Å². The zero-order valence-corrected chi connectivity index (χ0v) is 28.2. The molecule has 0 heterocycles. The average molecular weight is 606 g/mol. The smallest absolute Gasteiger partial charge is 0.387 e. The van der Waals surface area contributed by atoms with Crippen molar-refractivity contribution in [3.05, 3.63) is 12.2 Å². The van der Waals surface area contributed by atoms with Crippen LogP contribution < -0.4 is 5.32 Å². The van der Waals surface area contributed by atoms with Crippen LogP contribution in [0.3, 0.4) is 0 Å². The van der Waals surface area contributed by atoms with E-state index in [2.05, 4.69) is 12.2 Å². The number of aliphatic hydroxyl groups is 1. The highest BCUT2D eigenvalue weighted by Crippen LogP contribution is 2.43. The summed E-state index contributed by atoms with van der Waals surface area (Å²) in [5.41, 5.74) is 0. The molecule has 244 valence electrons.